The number of halogens is 1. The van der Waals surface area contributed by atoms with Gasteiger partial charge in [0.25, 0.3) is 0 Å². The molecule has 1 aromatic carbocycles. The summed E-state index contributed by atoms with van der Waals surface area (Å²) in [7, 11) is 0. The second-order valence-corrected chi connectivity index (χ2v) is 5.81. The molecule has 0 amide bonds. The van der Waals surface area contributed by atoms with E-state index in [-0.39, 0.29) is 5.56 Å². The van der Waals surface area contributed by atoms with Crippen LogP contribution in [0.4, 0.5) is 0 Å². The number of aromatic carboxylic acids is 1. The Morgan fingerprint density at radius 3 is 2.80 bits per heavy atom. The van der Waals surface area contributed by atoms with Gasteiger partial charge in [-0.05, 0) is 41.5 Å². The zero-order valence-electron chi connectivity index (χ0n) is 10.7. The van der Waals surface area contributed by atoms with Crippen LogP contribution in [-0.2, 0) is 0 Å². The van der Waals surface area contributed by atoms with Crippen molar-refractivity contribution in [2.45, 2.75) is 31.6 Å². The highest BCUT2D eigenvalue weighted by molar-refractivity contribution is 9.10. The highest BCUT2D eigenvalue weighted by Crippen LogP contribution is 2.34. The molecule has 3 rings (SSSR count). The standard InChI is InChI=1S/C13H13BrN4O2/c14-9-5-6-11(10(7-9)13(19)20)18-12(15-16-17-18)8-3-1-2-4-8/h5-8H,1-4H2,(H,19,20). The molecule has 1 heterocycles. The quantitative estimate of drug-likeness (QED) is 0.931. The number of hydrogen-bond donors (Lipinski definition) is 1. The lowest BCUT2D eigenvalue weighted by Crippen LogP contribution is -2.11. The van der Waals surface area contributed by atoms with E-state index in [0.29, 0.717) is 16.1 Å². The number of benzene rings is 1. The first-order chi connectivity index (χ1) is 9.66. The molecule has 1 aliphatic rings. The highest BCUT2D eigenvalue weighted by atomic mass is 79.9. The fourth-order valence-electron chi connectivity index (χ4n) is 2.67. The molecule has 1 fully saturated rings. The van der Waals surface area contributed by atoms with E-state index in [4.69, 9.17) is 0 Å². The maximum atomic E-state index is 11.4. The maximum absolute atomic E-state index is 11.4. The largest absolute Gasteiger partial charge is 0.478 e. The fraction of sp³-hybridized carbons (Fsp3) is 0.385. The summed E-state index contributed by atoms with van der Waals surface area (Å²) in [6, 6.07) is 5.09. The molecule has 1 aliphatic carbocycles. The molecule has 0 bridgehead atoms. The van der Waals surface area contributed by atoms with Crippen LogP contribution in [0.3, 0.4) is 0 Å². The van der Waals surface area contributed by atoms with Crippen molar-refractivity contribution in [3.05, 3.63) is 34.1 Å². The number of carboxylic acid groups (broad SMARTS) is 1. The summed E-state index contributed by atoms with van der Waals surface area (Å²) in [6.07, 6.45) is 4.45. The molecule has 1 N–H and O–H groups in total. The van der Waals surface area contributed by atoms with Gasteiger partial charge in [0.1, 0.15) is 0 Å². The Balaban J connectivity index is 2.09. The second kappa shape index (κ2) is 5.32. The van der Waals surface area contributed by atoms with E-state index in [1.807, 2.05) is 0 Å². The second-order valence-electron chi connectivity index (χ2n) is 4.90. The van der Waals surface area contributed by atoms with Gasteiger partial charge in [0.05, 0.1) is 11.3 Å². The van der Waals surface area contributed by atoms with Crippen LogP contribution in [0, 0.1) is 0 Å². The van der Waals surface area contributed by atoms with E-state index in [1.165, 1.54) is 12.8 Å². The Morgan fingerprint density at radius 2 is 2.10 bits per heavy atom. The average Bonchev–Trinajstić information content (AvgIpc) is 3.09. The average molecular weight is 337 g/mol. The van der Waals surface area contributed by atoms with Crippen molar-refractivity contribution in [2.24, 2.45) is 0 Å². The first-order valence-electron chi connectivity index (χ1n) is 6.48. The summed E-state index contributed by atoms with van der Waals surface area (Å²) in [5.41, 5.74) is 0.693. The Hall–Kier alpha value is -1.76. The SMILES string of the molecule is O=C(O)c1cc(Br)ccc1-n1nnnc1C1CCCC1. The minimum atomic E-state index is -0.992. The van der Waals surface area contributed by atoms with E-state index in [0.717, 1.165) is 18.7 Å². The number of rotatable bonds is 3. The Labute approximate surface area is 123 Å². The summed E-state index contributed by atoms with van der Waals surface area (Å²) < 4.78 is 2.28. The van der Waals surface area contributed by atoms with Crippen molar-refractivity contribution in [3.8, 4) is 5.69 Å². The van der Waals surface area contributed by atoms with Crippen LogP contribution in [-0.4, -0.2) is 31.3 Å². The van der Waals surface area contributed by atoms with Crippen LogP contribution >= 0.6 is 15.9 Å². The molecule has 1 saturated carbocycles. The Kier molecular flexibility index (Phi) is 3.52. The van der Waals surface area contributed by atoms with Crippen LogP contribution in [0.2, 0.25) is 0 Å². The van der Waals surface area contributed by atoms with Crippen molar-refractivity contribution >= 4 is 21.9 Å². The molecular formula is C13H13BrN4O2. The number of carbonyl (C=O) groups is 1. The number of carboxylic acids is 1. The topological polar surface area (TPSA) is 80.9 Å². The zero-order chi connectivity index (χ0) is 14.1. The third-order valence-corrected chi connectivity index (χ3v) is 4.12. The molecular weight excluding hydrogens is 324 g/mol. The van der Waals surface area contributed by atoms with Crippen LogP contribution in [0.1, 0.15) is 47.8 Å². The van der Waals surface area contributed by atoms with Crippen LogP contribution < -0.4 is 0 Å². The molecule has 0 saturated heterocycles. The molecule has 2 aromatic rings. The van der Waals surface area contributed by atoms with Crippen molar-refractivity contribution in [3.63, 3.8) is 0 Å². The fourth-order valence-corrected chi connectivity index (χ4v) is 3.03. The van der Waals surface area contributed by atoms with Gasteiger partial charge in [-0.1, -0.05) is 28.8 Å². The number of hydrogen-bond acceptors (Lipinski definition) is 4. The minimum absolute atomic E-state index is 0.186. The number of nitrogens with zero attached hydrogens (tertiary/aromatic N) is 4. The zero-order valence-corrected chi connectivity index (χ0v) is 12.2. The lowest BCUT2D eigenvalue weighted by Gasteiger charge is -2.11. The van der Waals surface area contributed by atoms with Gasteiger partial charge in [-0.3, -0.25) is 0 Å². The van der Waals surface area contributed by atoms with E-state index in [1.54, 1.807) is 22.9 Å². The lowest BCUT2D eigenvalue weighted by molar-refractivity contribution is 0.0696. The van der Waals surface area contributed by atoms with Gasteiger partial charge in [-0.25, -0.2) is 4.79 Å². The third kappa shape index (κ3) is 2.33. The molecule has 104 valence electrons. The Morgan fingerprint density at radius 1 is 1.35 bits per heavy atom. The smallest absolute Gasteiger partial charge is 0.337 e. The van der Waals surface area contributed by atoms with E-state index < -0.39 is 5.97 Å². The monoisotopic (exact) mass is 336 g/mol. The summed E-state index contributed by atoms with van der Waals surface area (Å²) in [4.78, 5) is 11.4. The van der Waals surface area contributed by atoms with Gasteiger partial charge in [-0.2, -0.15) is 4.68 Å². The predicted octanol–water partition coefficient (Wildman–Crippen LogP) is 2.78. The van der Waals surface area contributed by atoms with Crippen LogP contribution in [0.25, 0.3) is 5.69 Å². The van der Waals surface area contributed by atoms with E-state index in [2.05, 4.69) is 31.5 Å². The lowest BCUT2D eigenvalue weighted by atomic mass is 10.1. The van der Waals surface area contributed by atoms with Crippen molar-refractivity contribution in [1.29, 1.82) is 0 Å². The van der Waals surface area contributed by atoms with Crippen LogP contribution in [0.15, 0.2) is 22.7 Å². The first-order valence-corrected chi connectivity index (χ1v) is 7.27. The van der Waals surface area contributed by atoms with Crippen LogP contribution in [0.5, 0.6) is 0 Å². The van der Waals surface area contributed by atoms with E-state index >= 15 is 0 Å². The molecule has 0 aliphatic heterocycles. The molecule has 20 heavy (non-hydrogen) atoms. The summed E-state index contributed by atoms with van der Waals surface area (Å²) >= 11 is 3.29. The van der Waals surface area contributed by atoms with Gasteiger partial charge < -0.3 is 5.11 Å². The normalized spacial score (nSPS) is 15.7. The third-order valence-electron chi connectivity index (χ3n) is 3.63. The minimum Gasteiger partial charge on any atom is -0.478 e. The molecule has 0 unspecified atom stereocenters. The van der Waals surface area contributed by atoms with Gasteiger partial charge in [0.15, 0.2) is 5.82 Å². The summed E-state index contributed by atoms with van der Waals surface area (Å²) in [5.74, 6) is 0.0804. The molecule has 0 atom stereocenters. The molecule has 0 spiro atoms. The Bertz CT molecular complexity index is 650. The predicted molar refractivity (Wildman–Crippen MR) is 75.0 cm³/mol. The van der Waals surface area contributed by atoms with Crippen molar-refractivity contribution < 1.29 is 9.90 Å². The van der Waals surface area contributed by atoms with Crippen molar-refractivity contribution in [2.75, 3.05) is 0 Å². The van der Waals surface area contributed by atoms with E-state index in [9.17, 15) is 9.90 Å². The van der Waals surface area contributed by atoms with Crippen molar-refractivity contribution in [1.82, 2.24) is 20.2 Å². The maximum Gasteiger partial charge on any atom is 0.337 e. The molecule has 1 aromatic heterocycles. The number of aromatic nitrogens is 4. The number of tetrazole rings is 1. The molecule has 6 nitrogen and oxygen atoms in total. The first kappa shape index (κ1) is 13.2. The summed E-state index contributed by atoms with van der Waals surface area (Å²) in [5, 5.41) is 21.1. The molecule has 0 radical (unpaired) electrons. The summed E-state index contributed by atoms with van der Waals surface area (Å²) in [6.45, 7) is 0. The molecule has 7 heteroatoms. The van der Waals surface area contributed by atoms with Gasteiger partial charge in [0, 0.05) is 10.4 Å². The van der Waals surface area contributed by atoms with Gasteiger partial charge in [0.2, 0.25) is 0 Å². The van der Waals surface area contributed by atoms with Gasteiger partial charge in [-0.15, -0.1) is 5.10 Å². The van der Waals surface area contributed by atoms with Gasteiger partial charge >= 0.3 is 5.97 Å². The highest BCUT2D eigenvalue weighted by Gasteiger charge is 2.25.